The third-order valence-electron chi connectivity index (χ3n) is 3.14. The van der Waals surface area contributed by atoms with Gasteiger partial charge in [0.15, 0.2) is 0 Å². The van der Waals surface area contributed by atoms with Crippen LogP contribution in [0.5, 0.6) is 0 Å². The summed E-state index contributed by atoms with van der Waals surface area (Å²) >= 11 is 0. The third-order valence-corrected chi connectivity index (χ3v) is 3.14. The molecule has 3 nitrogen and oxygen atoms in total. The van der Waals surface area contributed by atoms with E-state index in [0.29, 0.717) is 0 Å². The fourth-order valence-corrected chi connectivity index (χ4v) is 1.59. The molecule has 0 aromatic heterocycles. The number of hydrogen-bond acceptors (Lipinski definition) is 2. The first-order chi connectivity index (χ1) is 8.45. The molecule has 0 bridgehead atoms. The lowest BCUT2D eigenvalue weighted by atomic mass is 10.0. The monoisotopic (exact) mass is 249 g/mol. The van der Waals surface area contributed by atoms with Crippen molar-refractivity contribution >= 4 is 5.91 Å². The van der Waals surface area contributed by atoms with Crippen LogP contribution >= 0.6 is 0 Å². The Morgan fingerprint density at radius 2 is 1.94 bits per heavy atom. The van der Waals surface area contributed by atoms with Crippen molar-refractivity contribution in [3.8, 4) is 0 Å². The van der Waals surface area contributed by atoms with Crippen LogP contribution in [-0.4, -0.2) is 24.7 Å². The quantitative estimate of drug-likeness (QED) is 0.841. The lowest BCUT2D eigenvalue weighted by Crippen LogP contribution is -2.47. The van der Waals surface area contributed by atoms with Crippen molar-refractivity contribution in [2.45, 2.75) is 45.3 Å². The van der Waals surface area contributed by atoms with Crippen LogP contribution in [-0.2, 0) is 16.0 Å². The van der Waals surface area contributed by atoms with E-state index in [-0.39, 0.29) is 11.9 Å². The lowest BCUT2D eigenvalue weighted by molar-refractivity contribution is -0.140. The van der Waals surface area contributed by atoms with E-state index < -0.39 is 5.60 Å². The normalized spacial score (nSPS) is 13.1. The highest BCUT2D eigenvalue weighted by Crippen LogP contribution is 2.09. The van der Waals surface area contributed by atoms with Gasteiger partial charge in [0.05, 0.1) is 0 Å². The first kappa shape index (κ1) is 14.7. The Morgan fingerprint density at radius 3 is 2.50 bits per heavy atom. The van der Waals surface area contributed by atoms with Crippen molar-refractivity contribution in [1.82, 2.24) is 5.32 Å². The molecule has 0 saturated carbocycles. The predicted molar refractivity (Wildman–Crippen MR) is 73.5 cm³/mol. The Bertz CT molecular complexity index is 373. The number of amides is 1. The maximum Gasteiger partial charge on any atom is 0.251 e. The molecule has 1 unspecified atom stereocenters. The van der Waals surface area contributed by atoms with Gasteiger partial charge in [0, 0.05) is 13.2 Å². The van der Waals surface area contributed by atoms with Gasteiger partial charge < -0.3 is 10.1 Å². The second-order valence-electron chi connectivity index (χ2n) is 5.11. The topological polar surface area (TPSA) is 38.3 Å². The minimum Gasteiger partial charge on any atom is -0.369 e. The van der Waals surface area contributed by atoms with Crippen molar-refractivity contribution in [1.29, 1.82) is 0 Å². The first-order valence-corrected chi connectivity index (χ1v) is 6.36. The molecule has 0 aliphatic heterocycles. The highest BCUT2D eigenvalue weighted by Gasteiger charge is 2.27. The van der Waals surface area contributed by atoms with Gasteiger partial charge in [-0.05, 0) is 39.2 Å². The van der Waals surface area contributed by atoms with Crippen molar-refractivity contribution in [3.63, 3.8) is 0 Å². The second-order valence-corrected chi connectivity index (χ2v) is 5.11. The molecule has 1 atom stereocenters. The standard InChI is InChI=1S/C15H23NO2/c1-12(16-14(17)15(2,3)18-4)10-11-13-8-6-5-7-9-13/h5-9,12H,10-11H2,1-4H3,(H,16,17). The van der Waals surface area contributed by atoms with Crippen LogP contribution in [0.25, 0.3) is 0 Å². The molecule has 1 N–H and O–H groups in total. The first-order valence-electron chi connectivity index (χ1n) is 6.36. The number of rotatable bonds is 6. The average molecular weight is 249 g/mol. The summed E-state index contributed by atoms with van der Waals surface area (Å²) < 4.78 is 5.15. The average Bonchev–Trinajstić information content (AvgIpc) is 2.37. The largest absolute Gasteiger partial charge is 0.369 e. The molecule has 1 amide bonds. The molecular formula is C15H23NO2. The second kappa shape index (κ2) is 6.55. The summed E-state index contributed by atoms with van der Waals surface area (Å²) in [6, 6.07) is 10.4. The molecule has 18 heavy (non-hydrogen) atoms. The van der Waals surface area contributed by atoms with E-state index in [0.717, 1.165) is 12.8 Å². The number of methoxy groups -OCH3 is 1. The lowest BCUT2D eigenvalue weighted by Gasteiger charge is -2.24. The van der Waals surface area contributed by atoms with Crippen LogP contribution in [0.1, 0.15) is 32.8 Å². The third kappa shape index (κ3) is 4.49. The van der Waals surface area contributed by atoms with Crippen molar-refractivity contribution in [2.24, 2.45) is 0 Å². The van der Waals surface area contributed by atoms with Crippen molar-refractivity contribution in [3.05, 3.63) is 35.9 Å². The summed E-state index contributed by atoms with van der Waals surface area (Å²) in [5, 5.41) is 2.98. The maximum atomic E-state index is 11.9. The van der Waals surface area contributed by atoms with E-state index in [4.69, 9.17) is 4.74 Å². The smallest absolute Gasteiger partial charge is 0.251 e. The molecule has 0 radical (unpaired) electrons. The Hall–Kier alpha value is -1.35. The predicted octanol–water partition coefficient (Wildman–Crippen LogP) is 2.55. The minimum atomic E-state index is -0.763. The van der Waals surface area contributed by atoms with E-state index in [1.54, 1.807) is 21.0 Å². The van der Waals surface area contributed by atoms with Gasteiger partial charge in [-0.15, -0.1) is 0 Å². The summed E-state index contributed by atoms with van der Waals surface area (Å²) in [5.41, 5.74) is 0.533. The van der Waals surface area contributed by atoms with E-state index in [1.165, 1.54) is 5.56 Å². The van der Waals surface area contributed by atoms with Crippen LogP contribution in [0.15, 0.2) is 30.3 Å². The summed E-state index contributed by atoms with van der Waals surface area (Å²) in [4.78, 5) is 11.9. The highest BCUT2D eigenvalue weighted by atomic mass is 16.5. The number of hydrogen-bond donors (Lipinski definition) is 1. The summed E-state index contributed by atoms with van der Waals surface area (Å²) in [6.07, 6.45) is 1.89. The van der Waals surface area contributed by atoms with Gasteiger partial charge in [-0.2, -0.15) is 0 Å². The molecule has 0 saturated heterocycles. The van der Waals surface area contributed by atoms with Gasteiger partial charge in [0.1, 0.15) is 5.60 Å². The summed E-state index contributed by atoms with van der Waals surface area (Å²) in [7, 11) is 1.55. The van der Waals surface area contributed by atoms with Crippen LogP contribution in [0.3, 0.4) is 0 Å². The number of nitrogens with one attached hydrogen (secondary N) is 1. The molecular weight excluding hydrogens is 226 g/mol. The summed E-state index contributed by atoms with van der Waals surface area (Å²) in [6.45, 7) is 5.56. The molecule has 100 valence electrons. The van der Waals surface area contributed by atoms with Crippen LogP contribution in [0.4, 0.5) is 0 Å². The van der Waals surface area contributed by atoms with Crippen molar-refractivity contribution < 1.29 is 9.53 Å². The van der Waals surface area contributed by atoms with Gasteiger partial charge in [0.25, 0.3) is 5.91 Å². The molecule has 3 heteroatoms. The van der Waals surface area contributed by atoms with Crippen LogP contribution in [0, 0.1) is 0 Å². The Labute approximate surface area is 110 Å². The van der Waals surface area contributed by atoms with Gasteiger partial charge >= 0.3 is 0 Å². The molecule has 1 aromatic carbocycles. The zero-order valence-electron chi connectivity index (χ0n) is 11.7. The Balaban J connectivity index is 2.38. The molecule has 1 aromatic rings. The number of aryl methyl sites for hydroxylation is 1. The van der Waals surface area contributed by atoms with Gasteiger partial charge in [-0.3, -0.25) is 4.79 Å². The van der Waals surface area contributed by atoms with Crippen LogP contribution < -0.4 is 5.32 Å². The fraction of sp³-hybridized carbons (Fsp3) is 0.533. The SMILES string of the molecule is COC(C)(C)C(=O)NC(C)CCc1ccccc1. The molecule has 0 aliphatic carbocycles. The highest BCUT2D eigenvalue weighted by molar-refractivity contribution is 5.84. The zero-order valence-corrected chi connectivity index (χ0v) is 11.7. The maximum absolute atomic E-state index is 11.9. The molecule has 0 heterocycles. The number of ether oxygens (including phenoxy) is 1. The number of carbonyl (C=O) groups excluding carboxylic acids is 1. The van der Waals surface area contributed by atoms with E-state index in [1.807, 2.05) is 25.1 Å². The van der Waals surface area contributed by atoms with Gasteiger partial charge in [-0.1, -0.05) is 30.3 Å². The Kier molecular flexibility index (Phi) is 5.35. The minimum absolute atomic E-state index is 0.0643. The summed E-state index contributed by atoms with van der Waals surface area (Å²) in [5.74, 6) is -0.0643. The van der Waals surface area contributed by atoms with E-state index in [9.17, 15) is 4.79 Å². The zero-order chi connectivity index (χ0) is 13.6. The fourth-order valence-electron chi connectivity index (χ4n) is 1.59. The van der Waals surface area contributed by atoms with Gasteiger partial charge in [0.2, 0.25) is 0 Å². The molecule has 0 aliphatic rings. The van der Waals surface area contributed by atoms with Crippen LogP contribution in [0.2, 0.25) is 0 Å². The van der Waals surface area contributed by atoms with E-state index in [2.05, 4.69) is 17.4 Å². The number of carbonyl (C=O) groups is 1. The molecule has 0 fully saturated rings. The molecule has 0 spiro atoms. The van der Waals surface area contributed by atoms with Crippen molar-refractivity contribution in [2.75, 3.05) is 7.11 Å². The van der Waals surface area contributed by atoms with E-state index >= 15 is 0 Å². The molecule has 1 rings (SSSR count). The Morgan fingerprint density at radius 1 is 1.33 bits per heavy atom. The van der Waals surface area contributed by atoms with Gasteiger partial charge in [-0.25, -0.2) is 0 Å². The number of benzene rings is 1.